The average Bonchev–Trinajstić information content (AvgIpc) is 1.83. The summed E-state index contributed by atoms with van der Waals surface area (Å²) in [5, 5.41) is 0. The lowest BCUT2D eigenvalue weighted by atomic mass is 9.74. The van der Waals surface area contributed by atoms with E-state index in [1.165, 1.54) is 0 Å². The Hall–Kier alpha value is -0.110. The molecule has 0 aromatic carbocycles. The van der Waals surface area contributed by atoms with Gasteiger partial charge in [-0.1, -0.05) is 20.8 Å². The van der Waals surface area contributed by atoms with Gasteiger partial charge in [-0.15, -0.1) is 0 Å². The van der Waals surface area contributed by atoms with Gasteiger partial charge in [-0.25, -0.2) is 4.39 Å². The highest BCUT2D eigenvalue weighted by molar-refractivity contribution is 4.86. The van der Waals surface area contributed by atoms with E-state index < -0.39 is 6.17 Å². The van der Waals surface area contributed by atoms with Gasteiger partial charge >= 0.3 is 0 Å². The van der Waals surface area contributed by atoms with Gasteiger partial charge in [0.25, 0.3) is 0 Å². The molecule has 0 radical (unpaired) electrons. The topological polar surface area (TPSA) is 3.24 Å². The number of alkyl halides is 1. The number of hydrogen-bond acceptors (Lipinski definition) is 1. The van der Waals surface area contributed by atoms with Crippen LogP contribution in [0.2, 0.25) is 0 Å². The fraction of sp³-hybridized carbons (Fsp3) is 1.00. The molecule has 2 atom stereocenters. The minimum absolute atomic E-state index is 0.126. The van der Waals surface area contributed by atoms with Crippen molar-refractivity contribution in [2.75, 3.05) is 20.1 Å². The monoisotopic (exact) mass is 173 g/mol. The molecule has 0 aromatic rings. The van der Waals surface area contributed by atoms with Crippen LogP contribution in [0.4, 0.5) is 4.39 Å². The van der Waals surface area contributed by atoms with E-state index >= 15 is 0 Å². The van der Waals surface area contributed by atoms with Gasteiger partial charge in [-0.3, -0.25) is 0 Å². The predicted octanol–water partition coefficient (Wildman–Crippen LogP) is 2.32. The molecule has 1 nitrogen and oxygen atoms in total. The smallest absolute Gasteiger partial charge is 0.116 e. The number of rotatable bonds is 0. The summed E-state index contributed by atoms with van der Waals surface area (Å²) >= 11 is 0. The molecule has 0 bridgehead atoms. The average molecular weight is 173 g/mol. The van der Waals surface area contributed by atoms with Crippen molar-refractivity contribution in [2.24, 2.45) is 11.3 Å². The normalized spacial score (nSPS) is 33.8. The maximum Gasteiger partial charge on any atom is 0.116 e. The van der Waals surface area contributed by atoms with Gasteiger partial charge in [0.05, 0.1) is 0 Å². The number of hydrogen-bond donors (Lipinski definition) is 0. The maximum atomic E-state index is 13.6. The van der Waals surface area contributed by atoms with Gasteiger partial charge in [0.1, 0.15) is 6.17 Å². The Morgan fingerprint density at radius 1 is 1.33 bits per heavy atom. The zero-order valence-electron chi connectivity index (χ0n) is 8.60. The Bertz CT molecular complexity index is 150. The third-order valence-corrected chi connectivity index (χ3v) is 2.86. The predicted molar refractivity (Wildman–Crippen MR) is 50.0 cm³/mol. The highest BCUT2D eigenvalue weighted by Crippen LogP contribution is 2.35. The Morgan fingerprint density at radius 3 is 2.33 bits per heavy atom. The van der Waals surface area contributed by atoms with E-state index in [9.17, 15) is 4.39 Å². The summed E-state index contributed by atoms with van der Waals surface area (Å²) in [6.45, 7) is 8.06. The molecule has 1 aliphatic heterocycles. The van der Waals surface area contributed by atoms with Crippen LogP contribution in [-0.2, 0) is 0 Å². The van der Waals surface area contributed by atoms with Gasteiger partial charge in [-0.05, 0) is 31.3 Å². The quantitative estimate of drug-likeness (QED) is 0.543. The molecule has 1 aliphatic rings. The second-order valence-corrected chi connectivity index (χ2v) is 5.04. The van der Waals surface area contributed by atoms with Crippen molar-refractivity contribution >= 4 is 0 Å². The Balaban J connectivity index is 2.57. The fourth-order valence-corrected chi connectivity index (χ4v) is 2.03. The Morgan fingerprint density at radius 2 is 1.92 bits per heavy atom. The molecule has 0 saturated carbocycles. The molecule has 12 heavy (non-hydrogen) atoms. The second-order valence-electron chi connectivity index (χ2n) is 5.04. The van der Waals surface area contributed by atoms with Gasteiger partial charge in [-0.2, -0.15) is 0 Å². The van der Waals surface area contributed by atoms with Crippen molar-refractivity contribution in [3.63, 3.8) is 0 Å². The van der Waals surface area contributed by atoms with Crippen molar-refractivity contribution in [3.8, 4) is 0 Å². The van der Waals surface area contributed by atoms with E-state index in [1.807, 2.05) is 7.05 Å². The Labute approximate surface area is 74.9 Å². The molecular formula is C10H20FN. The van der Waals surface area contributed by atoms with Crippen LogP contribution in [0.3, 0.4) is 0 Å². The number of nitrogens with zero attached hydrogens (tertiary/aromatic N) is 1. The first-order valence-corrected chi connectivity index (χ1v) is 4.74. The minimum Gasteiger partial charge on any atom is -0.303 e. The lowest BCUT2D eigenvalue weighted by Gasteiger charge is -2.39. The largest absolute Gasteiger partial charge is 0.303 e. The Kier molecular flexibility index (Phi) is 2.77. The van der Waals surface area contributed by atoms with Crippen molar-refractivity contribution in [3.05, 3.63) is 0 Å². The van der Waals surface area contributed by atoms with Crippen LogP contribution in [0.15, 0.2) is 0 Å². The summed E-state index contributed by atoms with van der Waals surface area (Å²) in [4.78, 5) is 2.08. The zero-order chi connectivity index (χ0) is 9.35. The molecule has 72 valence electrons. The van der Waals surface area contributed by atoms with Gasteiger partial charge < -0.3 is 4.90 Å². The molecule has 0 amide bonds. The van der Waals surface area contributed by atoms with Gasteiger partial charge in [0.2, 0.25) is 0 Å². The summed E-state index contributed by atoms with van der Waals surface area (Å²) < 4.78 is 13.6. The molecule has 1 fully saturated rings. The van der Waals surface area contributed by atoms with E-state index in [2.05, 4.69) is 25.7 Å². The van der Waals surface area contributed by atoms with Crippen LogP contribution in [0.5, 0.6) is 0 Å². The molecule has 0 N–H and O–H groups in total. The van der Waals surface area contributed by atoms with E-state index in [1.54, 1.807) is 0 Å². The summed E-state index contributed by atoms with van der Waals surface area (Å²) in [5.41, 5.74) is 0.126. The van der Waals surface area contributed by atoms with E-state index in [0.717, 1.165) is 13.0 Å². The molecular weight excluding hydrogens is 153 g/mol. The van der Waals surface area contributed by atoms with Crippen LogP contribution in [0.1, 0.15) is 27.2 Å². The number of likely N-dealkylation sites (tertiary alicyclic amines) is 1. The number of piperidine rings is 1. The van der Waals surface area contributed by atoms with E-state index in [-0.39, 0.29) is 11.3 Å². The third-order valence-electron chi connectivity index (χ3n) is 2.86. The lowest BCUT2D eigenvalue weighted by Crippen LogP contribution is -2.44. The summed E-state index contributed by atoms with van der Waals surface area (Å²) in [6.07, 6.45) is 0.366. The summed E-state index contributed by atoms with van der Waals surface area (Å²) in [6, 6.07) is 0. The van der Waals surface area contributed by atoms with Crippen LogP contribution < -0.4 is 0 Å². The molecule has 0 aliphatic carbocycles. The van der Waals surface area contributed by atoms with Crippen molar-refractivity contribution < 1.29 is 4.39 Å². The fourth-order valence-electron chi connectivity index (χ4n) is 2.03. The standard InChI is InChI=1S/C10H20FN/c1-10(2,3)8-5-6-12(4)7-9(8)11/h8-9H,5-7H2,1-4H3/t8-,9+/m0/s1. The summed E-state index contributed by atoms with van der Waals surface area (Å²) in [5.74, 6) is 0.244. The maximum absolute atomic E-state index is 13.6. The first-order valence-electron chi connectivity index (χ1n) is 4.74. The number of halogens is 1. The minimum atomic E-state index is -0.635. The third kappa shape index (κ3) is 2.19. The summed E-state index contributed by atoms with van der Waals surface area (Å²) in [7, 11) is 1.99. The molecule has 1 saturated heterocycles. The van der Waals surface area contributed by atoms with Crippen molar-refractivity contribution in [1.29, 1.82) is 0 Å². The first kappa shape index (κ1) is 9.97. The van der Waals surface area contributed by atoms with E-state index in [0.29, 0.717) is 6.54 Å². The highest BCUT2D eigenvalue weighted by atomic mass is 19.1. The van der Waals surface area contributed by atoms with Gasteiger partial charge in [0, 0.05) is 6.54 Å². The highest BCUT2D eigenvalue weighted by Gasteiger charge is 2.35. The molecule has 0 spiro atoms. The SMILES string of the molecule is CN1CC[C@H](C(C)(C)C)[C@H](F)C1. The van der Waals surface area contributed by atoms with Crippen molar-refractivity contribution in [1.82, 2.24) is 4.90 Å². The van der Waals surface area contributed by atoms with Gasteiger partial charge in [0.15, 0.2) is 0 Å². The second kappa shape index (κ2) is 3.33. The molecule has 0 unspecified atom stereocenters. The van der Waals surface area contributed by atoms with Crippen LogP contribution in [0, 0.1) is 11.3 Å². The van der Waals surface area contributed by atoms with Crippen LogP contribution >= 0.6 is 0 Å². The molecule has 0 aromatic heterocycles. The van der Waals surface area contributed by atoms with Crippen LogP contribution in [-0.4, -0.2) is 31.2 Å². The molecule has 1 heterocycles. The lowest BCUT2D eigenvalue weighted by molar-refractivity contribution is 0.0370. The zero-order valence-corrected chi connectivity index (χ0v) is 8.60. The van der Waals surface area contributed by atoms with Crippen LogP contribution in [0.25, 0.3) is 0 Å². The van der Waals surface area contributed by atoms with E-state index in [4.69, 9.17) is 0 Å². The first-order chi connectivity index (χ1) is 5.41. The van der Waals surface area contributed by atoms with Crippen molar-refractivity contribution in [2.45, 2.75) is 33.4 Å². The molecule has 1 rings (SSSR count). The molecule has 2 heteroatoms.